The summed E-state index contributed by atoms with van der Waals surface area (Å²) in [5.41, 5.74) is 0.703. The Labute approximate surface area is 127 Å². The van der Waals surface area contributed by atoms with Crippen LogP contribution in [0.5, 0.6) is 0 Å². The third-order valence-electron chi connectivity index (χ3n) is 2.50. The number of hydrogen-bond donors (Lipinski definition) is 1. The summed E-state index contributed by atoms with van der Waals surface area (Å²) in [6.07, 6.45) is 1.80. The first-order valence-electron chi connectivity index (χ1n) is 5.71. The highest BCUT2D eigenvalue weighted by Crippen LogP contribution is 2.21. The minimum atomic E-state index is -0.160. The number of carbonyl (C=O) groups is 1. The molecule has 1 N–H and O–H groups in total. The van der Waals surface area contributed by atoms with Crippen LogP contribution < -0.4 is 5.32 Å². The molecule has 3 aromatic rings. The zero-order valence-electron chi connectivity index (χ0n) is 10.1. The lowest BCUT2D eigenvalue weighted by atomic mass is 10.4. The maximum atomic E-state index is 11.9. The van der Waals surface area contributed by atoms with Gasteiger partial charge in [-0.2, -0.15) is 0 Å². The Bertz CT molecular complexity index is 719. The smallest absolute Gasteiger partial charge is 0.261 e. The highest BCUT2D eigenvalue weighted by molar-refractivity contribution is 7.18. The molecule has 0 aliphatic carbocycles. The summed E-state index contributed by atoms with van der Waals surface area (Å²) in [5, 5.41) is 13.8. The van der Waals surface area contributed by atoms with Gasteiger partial charge in [0.15, 0.2) is 0 Å². The first kappa shape index (κ1) is 13.3. The Morgan fingerprint density at radius 3 is 3.00 bits per heavy atom. The van der Waals surface area contributed by atoms with Crippen LogP contribution in [-0.4, -0.2) is 20.9 Å². The van der Waals surface area contributed by atoms with E-state index in [2.05, 4.69) is 15.6 Å². The fourth-order valence-electron chi connectivity index (χ4n) is 1.58. The Kier molecular flexibility index (Phi) is 3.81. The second kappa shape index (κ2) is 5.74. The van der Waals surface area contributed by atoms with Crippen LogP contribution in [0.25, 0.3) is 5.00 Å². The zero-order valence-corrected chi connectivity index (χ0v) is 12.5. The number of aromatic nitrogens is 3. The third-order valence-corrected chi connectivity index (χ3v) is 4.59. The molecule has 0 aliphatic heterocycles. The molecule has 0 saturated heterocycles. The Hall–Kier alpha value is -1.70. The van der Waals surface area contributed by atoms with Crippen LogP contribution in [-0.2, 0) is 6.54 Å². The zero-order chi connectivity index (χ0) is 13.9. The highest BCUT2D eigenvalue weighted by atomic mass is 35.5. The van der Waals surface area contributed by atoms with Crippen molar-refractivity contribution in [3.63, 3.8) is 0 Å². The molecule has 0 bridgehead atoms. The molecule has 0 aliphatic rings. The van der Waals surface area contributed by atoms with Gasteiger partial charge in [-0.25, -0.2) is 4.68 Å². The van der Waals surface area contributed by atoms with Gasteiger partial charge >= 0.3 is 0 Å². The van der Waals surface area contributed by atoms with E-state index < -0.39 is 0 Å². The molecule has 3 rings (SSSR count). The molecular weight excluding hydrogens is 316 g/mol. The summed E-state index contributed by atoms with van der Waals surface area (Å²) in [6.45, 7) is 0.333. The second-order valence-corrected chi connectivity index (χ2v) is 6.53. The summed E-state index contributed by atoms with van der Waals surface area (Å²) in [5.74, 6) is -0.160. The topological polar surface area (TPSA) is 59.8 Å². The number of amides is 1. The third kappa shape index (κ3) is 2.90. The number of nitrogens with zero attached hydrogens (tertiary/aromatic N) is 3. The van der Waals surface area contributed by atoms with E-state index in [4.69, 9.17) is 11.6 Å². The Morgan fingerprint density at radius 2 is 2.30 bits per heavy atom. The maximum Gasteiger partial charge on any atom is 0.261 e. The lowest BCUT2D eigenvalue weighted by Gasteiger charge is -1.99. The van der Waals surface area contributed by atoms with E-state index in [1.54, 1.807) is 34.3 Å². The fourth-order valence-corrected chi connectivity index (χ4v) is 3.19. The van der Waals surface area contributed by atoms with Crippen LogP contribution in [0.4, 0.5) is 0 Å². The van der Waals surface area contributed by atoms with E-state index in [1.165, 1.54) is 11.3 Å². The Balaban J connectivity index is 1.63. The van der Waals surface area contributed by atoms with Crippen molar-refractivity contribution in [2.75, 3.05) is 0 Å². The summed E-state index contributed by atoms with van der Waals surface area (Å²) < 4.78 is 2.28. The van der Waals surface area contributed by atoms with Crippen molar-refractivity contribution in [1.29, 1.82) is 0 Å². The minimum Gasteiger partial charge on any atom is -0.346 e. The van der Waals surface area contributed by atoms with Crippen molar-refractivity contribution in [3.8, 4) is 5.00 Å². The van der Waals surface area contributed by atoms with Gasteiger partial charge in [-0.3, -0.25) is 4.79 Å². The summed E-state index contributed by atoms with van der Waals surface area (Å²) in [7, 11) is 0. The molecule has 102 valence electrons. The van der Waals surface area contributed by atoms with Crippen LogP contribution in [0.1, 0.15) is 15.4 Å². The fraction of sp³-hybridized carbons (Fsp3) is 0.0833. The van der Waals surface area contributed by atoms with Gasteiger partial charge in [0.2, 0.25) is 0 Å². The van der Waals surface area contributed by atoms with Crippen molar-refractivity contribution >= 4 is 40.2 Å². The average molecular weight is 325 g/mol. The molecule has 3 aromatic heterocycles. The van der Waals surface area contributed by atoms with Gasteiger partial charge in [-0.1, -0.05) is 16.8 Å². The number of nitrogens with one attached hydrogen (secondary N) is 1. The summed E-state index contributed by atoms with van der Waals surface area (Å²) in [4.78, 5) is 12.4. The lowest BCUT2D eigenvalue weighted by Crippen LogP contribution is -2.21. The first-order valence-corrected chi connectivity index (χ1v) is 7.78. The average Bonchev–Trinajstić information content (AvgIpc) is 3.16. The summed E-state index contributed by atoms with van der Waals surface area (Å²) >= 11 is 8.62. The molecule has 0 atom stereocenters. The molecule has 0 unspecified atom stereocenters. The van der Waals surface area contributed by atoms with Gasteiger partial charge in [0.25, 0.3) is 5.91 Å². The van der Waals surface area contributed by atoms with E-state index in [-0.39, 0.29) is 5.91 Å². The molecule has 5 nitrogen and oxygen atoms in total. The van der Waals surface area contributed by atoms with Gasteiger partial charge in [-0.05, 0) is 29.6 Å². The molecule has 8 heteroatoms. The molecule has 0 spiro atoms. The van der Waals surface area contributed by atoms with Crippen LogP contribution >= 0.6 is 34.3 Å². The van der Waals surface area contributed by atoms with Crippen molar-refractivity contribution < 1.29 is 4.79 Å². The van der Waals surface area contributed by atoms with Crippen molar-refractivity contribution in [3.05, 3.63) is 50.7 Å². The molecule has 1 amide bonds. The van der Waals surface area contributed by atoms with Gasteiger partial charge in [-0.15, -0.1) is 27.8 Å². The Morgan fingerprint density at radius 1 is 1.40 bits per heavy atom. The molecular formula is C12H9ClN4OS2. The van der Waals surface area contributed by atoms with Gasteiger partial charge in [0, 0.05) is 0 Å². The molecule has 0 radical (unpaired) electrons. The normalized spacial score (nSPS) is 10.7. The quantitative estimate of drug-likeness (QED) is 0.802. The lowest BCUT2D eigenvalue weighted by molar-refractivity contribution is 0.0954. The highest BCUT2D eigenvalue weighted by Gasteiger charge is 2.10. The first-order chi connectivity index (χ1) is 9.72. The molecule has 20 heavy (non-hydrogen) atoms. The van der Waals surface area contributed by atoms with E-state index in [1.807, 2.05) is 17.5 Å². The molecule has 0 saturated carbocycles. The maximum absolute atomic E-state index is 11.9. The van der Waals surface area contributed by atoms with E-state index in [9.17, 15) is 4.79 Å². The van der Waals surface area contributed by atoms with Crippen LogP contribution in [0.2, 0.25) is 4.34 Å². The number of thiophene rings is 2. The minimum absolute atomic E-state index is 0.160. The second-order valence-electron chi connectivity index (χ2n) is 3.89. The molecule has 3 heterocycles. The van der Waals surface area contributed by atoms with Crippen molar-refractivity contribution in [1.82, 2.24) is 20.3 Å². The van der Waals surface area contributed by atoms with Gasteiger partial charge < -0.3 is 5.32 Å². The van der Waals surface area contributed by atoms with Crippen LogP contribution in [0, 0.1) is 0 Å². The number of rotatable bonds is 4. The van der Waals surface area contributed by atoms with Gasteiger partial charge in [0.05, 0.1) is 22.0 Å². The predicted molar refractivity (Wildman–Crippen MR) is 79.7 cm³/mol. The van der Waals surface area contributed by atoms with E-state index >= 15 is 0 Å². The predicted octanol–water partition coefficient (Wildman–Crippen LogP) is 2.97. The largest absolute Gasteiger partial charge is 0.346 e. The number of carbonyl (C=O) groups excluding carboxylic acids is 1. The van der Waals surface area contributed by atoms with Crippen LogP contribution in [0.15, 0.2) is 35.8 Å². The van der Waals surface area contributed by atoms with Crippen LogP contribution in [0.3, 0.4) is 0 Å². The number of hydrogen-bond acceptors (Lipinski definition) is 5. The van der Waals surface area contributed by atoms with E-state index in [0.29, 0.717) is 21.5 Å². The summed E-state index contributed by atoms with van der Waals surface area (Å²) in [6, 6.07) is 7.30. The molecule has 0 aromatic carbocycles. The number of halogens is 1. The standard InChI is InChI=1S/C12H9ClN4OS2/c13-10-4-3-9(20-10)12(18)14-6-8-7-17(16-15-8)11-2-1-5-19-11/h1-5,7H,6H2,(H,14,18). The van der Waals surface area contributed by atoms with Gasteiger partial charge in [0.1, 0.15) is 10.7 Å². The SMILES string of the molecule is O=C(NCc1cn(-c2cccs2)nn1)c1ccc(Cl)s1. The van der Waals surface area contributed by atoms with Crippen molar-refractivity contribution in [2.45, 2.75) is 6.54 Å². The van der Waals surface area contributed by atoms with E-state index in [0.717, 1.165) is 5.00 Å². The molecule has 0 fully saturated rings. The van der Waals surface area contributed by atoms with Crippen molar-refractivity contribution in [2.24, 2.45) is 0 Å². The monoisotopic (exact) mass is 324 g/mol.